The molecule has 1 fully saturated rings. The molecule has 1 saturated heterocycles. The van der Waals surface area contributed by atoms with E-state index >= 15 is 0 Å². The summed E-state index contributed by atoms with van der Waals surface area (Å²) in [6.07, 6.45) is 1.17. The van der Waals surface area contributed by atoms with Gasteiger partial charge in [-0.25, -0.2) is 4.79 Å². The van der Waals surface area contributed by atoms with E-state index in [2.05, 4.69) is 5.32 Å². The third kappa shape index (κ3) is 4.70. The van der Waals surface area contributed by atoms with Crippen LogP contribution in [0.1, 0.15) is 33.6 Å². The summed E-state index contributed by atoms with van der Waals surface area (Å²) in [5, 5.41) is 2.56. The van der Waals surface area contributed by atoms with E-state index in [1.54, 1.807) is 11.9 Å². The van der Waals surface area contributed by atoms with Gasteiger partial charge in [-0.3, -0.25) is 4.79 Å². The molecule has 3 N–H and O–H groups in total. The van der Waals surface area contributed by atoms with Gasteiger partial charge in [0.2, 0.25) is 5.91 Å². The fraction of sp³-hybridized carbons (Fsp3) is 0.846. The molecule has 0 bridgehead atoms. The number of nitrogens with one attached hydrogen (secondary N) is 1. The Labute approximate surface area is 114 Å². The van der Waals surface area contributed by atoms with Crippen LogP contribution >= 0.6 is 0 Å². The lowest BCUT2D eigenvalue weighted by Gasteiger charge is -2.35. The van der Waals surface area contributed by atoms with Gasteiger partial charge in [-0.1, -0.05) is 0 Å². The number of nitrogens with zero attached hydrogens (tertiary/aromatic N) is 1. The summed E-state index contributed by atoms with van der Waals surface area (Å²) in [6.45, 7) is 6.71. The van der Waals surface area contributed by atoms with Crippen LogP contribution in [-0.4, -0.2) is 48.7 Å². The Morgan fingerprint density at radius 2 is 1.84 bits per heavy atom. The minimum absolute atomic E-state index is 0.124. The number of amides is 2. The second kappa shape index (κ2) is 6.23. The van der Waals surface area contributed by atoms with Crippen LogP contribution in [0.25, 0.3) is 0 Å². The number of carbonyl (C=O) groups excluding carboxylic acids is 2. The fourth-order valence-electron chi connectivity index (χ4n) is 2.15. The van der Waals surface area contributed by atoms with E-state index in [0.29, 0.717) is 13.1 Å². The van der Waals surface area contributed by atoms with Crippen LogP contribution in [0.4, 0.5) is 4.79 Å². The maximum atomic E-state index is 11.9. The minimum atomic E-state index is -0.495. The fourth-order valence-corrected chi connectivity index (χ4v) is 2.15. The largest absolute Gasteiger partial charge is 0.444 e. The molecule has 0 aromatic rings. The maximum Gasteiger partial charge on any atom is 0.410 e. The van der Waals surface area contributed by atoms with E-state index in [4.69, 9.17) is 10.5 Å². The molecule has 0 aromatic carbocycles. The Kier molecular flexibility index (Phi) is 5.17. The molecule has 6 nitrogen and oxygen atoms in total. The number of likely N-dealkylation sites (tertiary alicyclic amines) is 1. The van der Waals surface area contributed by atoms with Gasteiger partial charge in [0, 0.05) is 20.1 Å². The molecule has 0 aliphatic carbocycles. The van der Waals surface area contributed by atoms with Gasteiger partial charge in [-0.05, 0) is 39.5 Å². The minimum Gasteiger partial charge on any atom is -0.444 e. The summed E-state index contributed by atoms with van der Waals surface area (Å²) >= 11 is 0. The van der Waals surface area contributed by atoms with Gasteiger partial charge in [-0.2, -0.15) is 0 Å². The van der Waals surface area contributed by atoms with Crippen LogP contribution in [0, 0.1) is 5.92 Å². The lowest BCUT2D eigenvalue weighted by atomic mass is 9.89. The zero-order valence-corrected chi connectivity index (χ0v) is 12.2. The molecule has 0 aromatic heterocycles. The highest BCUT2D eigenvalue weighted by Crippen LogP contribution is 2.21. The number of hydrogen-bond donors (Lipinski definition) is 2. The molecule has 6 heteroatoms. The average molecular weight is 271 g/mol. The Morgan fingerprint density at radius 3 is 2.26 bits per heavy atom. The second-order valence-electron chi connectivity index (χ2n) is 5.94. The van der Waals surface area contributed by atoms with Crippen LogP contribution < -0.4 is 11.1 Å². The number of carbonyl (C=O) groups is 2. The van der Waals surface area contributed by atoms with Crippen molar-refractivity contribution in [2.24, 2.45) is 11.7 Å². The summed E-state index contributed by atoms with van der Waals surface area (Å²) in [6, 6.07) is -0.495. The van der Waals surface area contributed by atoms with Crippen LogP contribution in [0.5, 0.6) is 0 Å². The quantitative estimate of drug-likeness (QED) is 0.774. The molecule has 0 radical (unpaired) electrons. The van der Waals surface area contributed by atoms with Crippen molar-refractivity contribution < 1.29 is 14.3 Å². The molecule has 1 aliphatic heterocycles. The van der Waals surface area contributed by atoms with Crippen molar-refractivity contribution >= 4 is 12.0 Å². The summed E-state index contributed by atoms with van der Waals surface area (Å²) in [4.78, 5) is 25.0. The number of likely N-dealkylation sites (N-methyl/N-ethyl adjacent to an activating group) is 1. The highest BCUT2D eigenvalue weighted by molar-refractivity contribution is 5.81. The van der Waals surface area contributed by atoms with Crippen molar-refractivity contribution in [2.75, 3.05) is 20.1 Å². The van der Waals surface area contributed by atoms with E-state index in [0.717, 1.165) is 12.8 Å². The SMILES string of the molecule is CNC(=O)C(N)C1CCN(C(=O)OC(C)(C)C)CC1. The van der Waals surface area contributed by atoms with Crippen LogP contribution in [0.3, 0.4) is 0 Å². The molecule has 2 amide bonds. The zero-order chi connectivity index (χ0) is 14.6. The van der Waals surface area contributed by atoms with Gasteiger partial charge in [0.25, 0.3) is 0 Å². The van der Waals surface area contributed by atoms with Crippen molar-refractivity contribution in [2.45, 2.75) is 45.3 Å². The van der Waals surface area contributed by atoms with Crippen molar-refractivity contribution in [3.05, 3.63) is 0 Å². The van der Waals surface area contributed by atoms with Gasteiger partial charge in [-0.15, -0.1) is 0 Å². The van der Waals surface area contributed by atoms with Crippen LogP contribution in [0.2, 0.25) is 0 Å². The van der Waals surface area contributed by atoms with E-state index in [-0.39, 0.29) is 17.9 Å². The maximum absolute atomic E-state index is 11.9. The molecule has 1 rings (SSSR count). The normalized spacial score (nSPS) is 18.9. The molecule has 19 heavy (non-hydrogen) atoms. The molecular formula is C13H25N3O3. The van der Waals surface area contributed by atoms with E-state index < -0.39 is 11.6 Å². The molecule has 1 atom stereocenters. The lowest BCUT2D eigenvalue weighted by Crippen LogP contribution is -2.49. The molecule has 1 unspecified atom stereocenters. The molecule has 0 spiro atoms. The van der Waals surface area contributed by atoms with Crippen molar-refractivity contribution in [1.29, 1.82) is 0 Å². The highest BCUT2D eigenvalue weighted by Gasteiger charge is 2.31. The predicted molar refractivity (Wildman–Crippen MR) is 72.6 cm³/mol. The van der Waals surface area contributed by atoms with E-state index in [1.807, 2.05) is 20.8 Å². The Balaban J connectivity index is 2.45. The molecule has 1 aliphatic rings. The van der Waals surface area contributed by atoms with Gasteiger partial charge >= 0.3 is 6.09 Å². The first-order valence-electron chi connectivity index (χ1n) is 6.69. The number of nitrogens with two attached hydrogens (primary N) is 1. The van der Waals surface area contributed by atoms with Crippen molar-refractivity contribution in [3.63, 3.8) is 0 Å². The van der Waals surface area contributed by atoms with Crippen LogP contribution in [0.15, 0.2) is 0 Å². The first-order chi connectivity index (χ1) is 8.74. The molecule has 0 saturated carbocycles. The van der Waals surface area contributed by atoms with Crippen LogP contribution in [-0.2, 0) is 9.53 Å². The highest BCUT2D eigenvalue weighted by atomic mass is 16.6. The van der Waals surface area contributed by atoms with Gasteiger partial charge in [0.1, 0.15) is 5.60 Å². The van der Waals surface area contributed by atoms with E-state index in [1.165, 1.54) is 0 Å². The monoisotopic (exact) mass is 271 g/mol. The lowest BCUT2D eigenvalue weighted by molar-refractivity contribution is -0.123. The Hall–Kier alpha value is -1.30. The number of piperidine rings is 1. The third-order valence-electron chi connectivity index (χ3n) is 3.25. The third-order valence-corrected chi connectivity index (χ3v) is 3.25. The standard InChI is InChI=1S/C13H25N3O3/c1-13(2,3)19-12(18)16-7-5-9(6-8-16)10(14)11(17)15-4/h9-10H,5-8,14H2,1-4H3,(H,15,17). The van der Waals surface area contributed by atoms with Crippen molar-refractivity contribution in [3.8, 4) is 0 Å². The average Bonchev–Trinajstić information content (AvgIpc) is 2.35. The Morgan fingerprint density at radius 1 is 1.32 bits per heavy atom. The van der Waals surface area contributed by atoms with E-state index in [9.17, 15) is 9.59 Å². The summed E-state index contributed by atoms with van der Waals surface area (Å²) in [5.41, 5.74) is 5.40. The predicted octanol–water partition coefficient (Wildman–Crippen LogP) is 0.707. The zero-order valence-electron chi connectivity index (χ0n) is 12.2. The second-order valence-corrected chi connectivity index (χ2v) is 5.94. The number of ether oxygens (including phenoxy) is 1. The molecule has 1 heterocycles. The molecular weight excluding hydrogens is 246 g/mol. The topological polar surface area (TPSA) is 84.7 Å². The summed E-state index contributed by atoms with van der Waals surface area (Å²) in [7, 11) is 1.58. The van der Waals surface area contributed by atoms with Gasteiger partial charge < -0.3 is 20.7 Å². The van der Waals surface area contributed by atoms with Gasteiger partial charge in [0.15, 0.2) is 0 Å². The number of rotatable bonds is 2. The summed E-state index contributed by atoms with van der Waals surface area (Å²) < 4.78 is 5.32. The Bertz CT molecular complexity index is 331. The van der Waals surface area contributed by atoms with Crippen molar-refractivity contribution in [1.82, 2.24) is 10.2 Å². The van der Waals surface area contributed by atoms with Gasteiger partial charge in [0.05, 0.1) is 6.04 Å². The first kappa shape index (κ1) is 15.8. The smallest absolute Gasteiger partial charge is 0.410 e. The summed E-state index contributed by atoms with van der Waals surface area (Å²) in [5.74, 6) is -0.0191. The first-order valence-corrected chi connectivity index (χ1v) is 6.69. The number of hydrogen-bond acceptors (Lipinski definition) is 4. The molecule has 110 valence electrons.